The summed E-state index contributed by atoms with van der Waals surface area (Å²) in [5.41, 5.74) is 0. The normalized spacial score (nSPS) is 34.2. The van der Waals surface area contributed by atoms with Gasteiger partial charge >= 0.3 is 0 Å². The number of nitrogens with zero attached hydrogens (tertiary/aromatic N) is 2. The minimum Gasteiger partial charge on any atom is -0.298 e. The maximum atomic E-state index is 2.69. The third-order valence-corrected chi connectivity index (χ3v) is 4.16. The van der Waals surface area contributed by atoms with Gasteiger partial charge in [-0.25, -0.2) is 0 Å². The van der Waals surface area contributed by atoms with Crippen molar-refractivity contribution in [2.75, 3.05) is 26.2 Å². The van der Waals surface area contributed by atoms with Crippen LogP contribution in [0.4, 0.5) is 0 Å². The van der Waals surface area contributed by atoms with Gasteiger partial charge in [-0.2, -0.15) is 0 Å². The number of rotatable bonds is 1. The first-order valence-corrected chi connectivity index (χ1v) is 6.64. The molecule has 0 aromatic rings. The molecule has 2 saturated heterocycles. The number of hydrogen-bond acceptors (Lipinski definition) is 2. The summed E-state index contributed by atoms with van der Waals surface area (Å²) in [5.74, 6) is 0. The summed E-state index contributed by atoms with van der Waals surface area (Å²) in [4.78, 5) is 5.31. The van der Waals surface area contributed by atoms with Crippen LogP contribution in [0.15, 0.2) is 0 Å². The standard InChI is InChI=1S/C10H19IN2/c1-9(11)13-7-6-12-5-3-2-4-10(12)8-13/h9-10H,2-8H2,1H3. The van der Waals surface area contributed by atoms with Crippen molar-refractivity contribution in [1.82, 2.24) is 9.80 Å². The van der Waals surface area contributed by atoms with Gasteiger partial charge in [0.25, 0.3) is 0 Å². The number of fused-ring (bicyclic) bond motifs is 1. The molecule has 3 heteroatoms. The maximum absolute atomic E-state index is 2.69. The van der Waals surface area contributed by atoms with E-state index in [1.54, 1.807) is 0 Å². The van der Waals surface area contributed by atoms with Gasteiger partial charge in [-0.3, -0.25) is 9.80 Å². The van der Waals surface area contributed by atoms with Crippen molar-refractivity contribution in [3.05, 3.63) is 0 Å². The minimum atomic E-state index is 0.710. The number of alkyl halides is 1. The lowest BCUT2D eigenvalue weighted by Gasteiger charge is -2.45. The largest absolute Gasteiger partial charge is 0.298 e. The molecule has 2 heterocycles. The smallest absolute Gasteiger partial charge is 0.0590 e. The van der Waals surface area contributed by atoms with Crippen LogP contribution in [0.5, 0.6) is 0 Å². The average Bonchev–Trinajstić information content (AvgIpc) is 2.17. The first kappa shape index (κ1) is 10.2. The molecule has 0 aliphatic carbocycles. The second kappa shape index (κ2) is 4.45. The van der Waals surface area contributed by atoms with Gasteiger partial charge < -0.3 is 0 Å². The monoisotopic (exact) mass is 294 g/mol. The fourth-order valence-electron chi connectivity index (χ4n) is 2.50. The van der Waals surface area contributed by atoms with Crippen LogP contribution >= 0.6 is 22.6 Å². The van der Waals surface area contributed by atoms with Crippen LogP contribution in [0.1, 0.15) is 26.2 Å². The van der Waals surface area contributed by atoms with Crippen molar-refractivity contribution in [3.63, 3.8) is 0 Å². The Morgan fingerprint density at radius 3 is 2.85 bits per heavy atom. The molecule has 0 radical (unpaired) electrons. The van der Waals surface area contributed by atoms with Crippen molar-refractivity contribution < 1.29 is 0 Å². The zero-order valence-electron chi connectivity index (χ0n) is 8.38. The molecule has 0 N–H and O–H groups in total. The zero-order valence-corrected chi connectivity index (χ0v) is 10.5. The van der Waals surface area contributed by atoms with Crippen molar-refractivity contribution in [2.45, 2.75) is 36.3 Å². The van der Waals surface area contributed by atoms with Crippen molar-refractivity contribution in [3.8, 4) is 0 Å². The highest BCUT2D eigenvalue weighted by Crippen LogP contribution is 2.23. The van der Waals surface area contributed by atoms with E-state index in [2.05, 4.69) is 39.3 Å². The van der Waals surface area contributed by atoms with Crippen LogP contribution in [-0.4, -0.2) is 46.1 Å². The summed E-state index contributed by atoms with van der Waals surface area (Å²) in [5, 5.41) is 0. The molecule has 0 spiro atoms. The lowest BCUT2D eigenvalue weighted by molar-refractivity contribution is 0.0491. The molecule has 2 fully saturated rings. The van der Waals surface area contributed by atoms with Gasteiger partial charge in [-0.15, -0.1) is 0 Å². The SMILES string of the molecule is CC(I)N1CCN2CCCCC2C1. The fraction of sp³-hybridized carbons (Fsp3) is 1.00. The first-order valence-electron chi connectivity index (χ1n) is 5.39. The second-order valence-corrected chi connectivity index (χ2v) is 6.06. The van der Waals surface area contributed by atoms with Gasteiger partial charge in [-0.05, 0) is 26.3 Å². The molecule has 2 nitrogen and oxygen atoms in total. The first-order chi connectivity index (χ1) is 6.27. The quantitative estimate of drug-likeness (QED) is 0.414. The van der Waals surface area contributed by atoms with E-state index in [1.807, 2.05) is 0 Å². The van der Waals surface area contributed by atoms with Crippen LogP contribution in [-0.2, 0) is 0 Å². The van der Waals surface area contributed by atoms with Gasteiger partial charge in [0.05, 0.1) is 4.05 Å². The molecule has 2 rings (SSSR count). The summed E-state index contributed by atoms with van der Waals surface area (Å²) < 4.78 is 0.710. The van der Waals surface area contributed by atoms with Crippen LogP contribution in [0.2, 0.25) is 0 Å². The zero-order chi connectivity index (χ0) is 9.26. The predicted molar refractivity (Wildman–Crippen MR) is 64.3 cm³/mol. The van der Waals surface area contributed by atoms with Crippen LogP contribution < -0.4 is 0 Å². The summed E-state index contributed by atoms with van der Waals surface area (Å²) in [6.07, 6.45) is 4.31. The van der Waals surface area contributed by atoms with Crippen molar-refractivity contribution in [1.29, 1.82) is 0 Å². The van der Waals surface area contributed by atoms with Gasteiger partial charge in [0.2, 0.25) is 0 Å². The van der Waals surface area contributed by atoms with E-state index in [1.165, 1.54) is 45.4 Å². The summed E-state index contributed by atoms with van der Waals surface area (Å²) in [7, 11) is 0. The average molecular weight is 294 g/mol. The number of hydrogen-bond donors (Lipinski definition) is 0. The van der Waals surface area contributed by atoms with Gasteiger partial charge in [0.15, 0.2) is 0 Å². The molecule has 2 atom stereocenters. The highest BCUT2D eigenvalue weighted by Gasteiger charge is 2.29. The molecular weight excluding hydrogens is 275 g/mol. The van der Waals surface area contributed by atoms with E-state index in [4.69, 9.17) is 0 Å². The van der Waals surface area contributed by atoms with Gasteiger partial charge in [0, 0.05) is 25.7 Å². The highest BCUT2D eigenvalue weighted by molar-refractivity contribution is 14.1. The molecule has 13 heavy (non-hydrogen) atoms. The molecule has 2 unspecified atom stereocenters. The molecule has 0 aromatic carbocycles. The Labute approximate surface area is 94.8 Å². The molecule has 76 valence electrons. The van der Waals surface area contributed by atoms with E-state index in [0.717, 1.165) is 6.04 Å². The third-order valence-electron chi connectivity index (χ3n) is 3.37. The molecule has 2 aliphatic heterocycles. The molecule has 0 saturated carbocycles. The van der Waals surface area contributed by atoms with Gasteiger partial charge in [-0.1, -0.05) is 29.0 Å². The summed E-state index contributed by atoms with van der Waals surface area (Å²) in [6, 6.07) is 0.875. The Hall–Kier alpha value is 0.650. The van der Waals surface area contributed by atoms with E-state index >= 15 is 0 Å². The molecule has 0 aromatic heterocycles. The summed E-state index contributed by atoms with van der Waals surface area (Å²) >= 11 is 2.53. The number of halogens is 1. The lowest BCUT2D eigenvalue weighted by Crippen LogP contribution is -2.55. The van der Waals surface area contributed by atoms with Crippen LogP contribution in [0.25, 0.3) is 0 Å². The molecule has 0 amide bonds. The van der Waals surface area contributed by atoms with E-state index in [0.29, 0.717) is 4.05 Å². The molecule has 0 bridgehead atoms. The fourth-order valence-corrected chi connectivity index (χ4v) is 3.01. The number of piperazine rings is 1. The van der Waals surface area contributed by atoms with Crippen molar-refractivity contribution in [2.24, 2.45) is 0 Å². The van der Waals surface area contributed by atoms with E-state index in [-0.39, 0.29) is 0 Å². The topological polar surface area (TPSA) is 6.48 Å². The Balaban J connectivity index is 1.91. The number of piperidine rings is 1. The third kappa shape index (κ3) is 2.36. The predicted octanol–water partition coefficient (Wildman–Crippen LogP) is 1.94. The summed E-state index contributed by atoms with van der Waals surface area (Å²) in [6.45, 7) is 7.55. The Bertz CT molecular complexity index is 172. The Kier molecular flexibility index (Phi) is 3.48. The minimum absolute atomic E-state index is 0.710. The van der Waals surface area contributed by atoms with Gasteiger partial charge in [0.1, 0.15) is 0 Å². The van der Waals surface area contributed by atoms with Crippen LogP contribution in [0.3, 0.4) is 0 Å². The van der Waals surface area contributed by atoms with E-state index in [9.17, 15) is 0 Å². The maximum Gasteiger partial charge on any atom is 0.0590 e. The lowest BCUT2D eigenvalue weighted by atomic mass is 10.00. The van der Waals surface area contributed by atoms with Crippen molar-refractivity contribution >= 4 is 22.6 Å². The Morgan fingerprint density at radius 2 is 2.08 bits per heavy atom. The van der Waals surface area contributed by atoms with Crippen LogP contribution in [0, 0.1) is 0 Å². The molecular formula is C10H19IN2. The van der Waals surface area contributed by atoms with E-state index < -0.39 is 0 Å². The highest BCUT2D eigenvalue weighted by atomic mass is 127. The molecule has 2 aliphatic rings. The Morgan fingerprint density at radius 1 is 1.23 bits per heavy atom. The second-order valence-electron chi connectivity index (χ2n) is 4.25.